The number of hydrogen-bond donors (Lipinski definition) is 0. The lowest BCUT2D eigenvalue weighted by molar-refractivity contribution is -0.121. The van der Waals surface area contributed by atoms with Crippen molar-refractivity contribution in [3.8, 4) is 0 Å². The van der Waals surface area contributed by atoms with Crippen molar-refractivity contribution >= 4 is 29.5 Å². The molecule has 1 fully saturated rings. The van der Waals surface area contributed by atoms with E-state index in [1.807, 2.05) is 39.3 Å². The van der Waals surface area contributed by atoms with Crippen LogP contribution in [0.25, 0.3) is 0 Å². The number of nitrogens with zero attached hydrogens (tertiary/aromatic N) is 2. The van der Waals surface area contributed by atoms with Gasteiger partial charge in [-0.15, -0.1) is 11.8 Å². The van der Waals surface area contributed by atoms with Crippen LogP contribution in [0.2, 0.25) is 0 Å². The third-order valence-corrected chi connectivity index (χ3v) is 5.58. The molecule has 0 saturated carbocycles. The lowest BCUT2D eigenvalue weighted by Gasteiger charge is -2.26. The van der Waals surface area contributed by atoms with Gasteiger partial charge in [0, 0.05) is 37.8 Å². The minimum Gasteiger partial charge on any atom is -0.381 e. The molecule has 2 rings (SSSR count). The fraction of sp³-hybridized carbons (Fsp3) is 0.600. The second-order valence-electron chi connectivity index (χ2n) is 6.95. The summed E-state index contributed by atoms with van der Waals surface area (Å²) in [6.45, 7) is 9.57. The number of pyridine rings is 1. The molecule has 0 spiro atoms. The third kappa shape index (κ3) is 12.0. The Bertz CT molecular complexity index is 666. The van der Waals surface area contributed by atoms with Crippen LogP contribution in [0, 0.1) is 5.92 Å². The molecule has 0 radical (unpaired) electrons. The molecular weight excluding hydrogens is 408 g/mol. The van der Waals surface area contributed by atoms with Gasteiger partial charge in [0.05, 0.1) is 17.3 Å². The second kappa shape index (κ2) is 18.9. The van der Waals surface area contributed by atoms with Crippen LogP contribution in [-0.4, -0.2) is 49.3 Å². The zero-order chi connectivity index (χ0) is 23.5. The van der Waals surface area contributed by atoms with E-state index in [4.69, 9.17) is 4.74 Å². The summed E-state index contributed by atoms with van der Waals surface area (Å²) in [6.07, 6.45) is 12.7. The SMILES string of the molecule is C/C=C\C(C=O)=NC.CC.CCCC(=O)C(CC1CCOCC1)c1ccc(SC)cn1. The largest absolute Gasteiger partial charge is 0.381 e. The summed E-state index contributed by atoms with van der Waals surface area (Å²) in [7, 11) is 1.59. The maximum Gasteiger partial charge on any atom is 0.167 e. The van der Waals surface area contributed by atoms with Crippen molar-refractivity contribution in [2.45, 2.75) is 70.6 Å². The van der Waals surface area contributed by atoms with Gasteiger partial charge in [-0.3, -0.25) is 19.6 Å². The van der Waals surface area contributed by atoms with Crippen LogP contribution in [0.15, 0.2) is 40.4 Å². The summed E-state index contributed by atoms with van der Waals surface area (Å²) in [5, 5.41) is 0. The van der Waals surface area contributed by atoms with Crippen molar-refractivity contribution in [1.82, 2.24) is 4.98 Å². The van der Waals surface area contributed by atoms with Crippen LogP contribution >= 0.6 is 11.8 Å². The van der Waals surface area contributed by atoms with Gasteiger partial charge in [0.2, 0.25) is 0 Å². The first-order valence-corrected chi connectivity index (χ1v) is 12.5. The first kappa shape index (κ1) is 29.2. The quantitative estimate of drug-likeness (QED) is 0.266. The molecule has 1 aliphatic rings. The summed E-state index contributed by atoms with van der Waals surface area (Å²) in [5.41, 5.74) is 1.42. The number of ketones is 1. The number of allylic oxidation sites excluding steroid dienone is 2. The van der Waals surface area contributed by atoms with E-state index in [-0.39, 0.29) is 5.92 Å². The Morgan fingerprint density at radius 3 is 2.42 bits per heavy atom. The second-order valence-corrected chi connectivity index (χ2v) is 7.83. The maximum atomic E-state index is 12.5. The Morgan fingerprint density at radius 2 is 2.00 bits per heavy atom. The molecule has 6 heteroatoms. The van der Waals surface area contributed by atoms with Gasteiger partial charge in [-0.1, -0.05) is 26.8 Å². The molecule has 0 aromatic carbocycles. The highest BCUT2D eigenvalue weighted by atomic mass is 32.2. The molecule has 0 bridgehead atoms. The Hall–Kier alpha value is -1.79. The monoisotopic (exact) mass is 448 g/mol. The molecular formula is C25H40N2O3S. The topological polar surface area (TPSA) is 68.6 Å². The number of aliphatic imine (C=N–C) groups is 1. The van der Waals surface area contributed by atoms with Gasteiger partial charge in [-0.05, 0) is 63.0 Å². The molecule has 1 aromatic rings. The van der Waals surface area contributed by atoms with Crippen LogP contribution in [0.3, 0.4) is 0 Å². The van der Waals surface area contributed by atoms with Gasteiger partial charge < -0.3 is 4.74 Å². The molecule has 2 heterocycles. The molecule has 1 atom stereocenters. The molecule has 5 nitrogen and oxygen atoms in total. The molecule has 1 unspecified atom stereocenters. The highest BCUT2D eigenvalue weighted by Gasteiger charge is 2.26. The molecule has 1 saturated heterocycles. The predicted octanol–water partition coefficient (Wildman–Crippen LogP) is 5.93. The average Bonchev–Trinajstić information content (AvgIpc) is 2.83. The maximum absolute atomic E-state index is 12.5. The van der Waals surface area contributed by atoms with Gasteiger partial charge in [0.25, 0.3) is 0 Å². The van der Waals surface area contributed by atoms with Crippen molar-refractivity contribution in [1.29, 1.82) is 0 Å². The molecule has 0 N–H and O–H groups in total. The number of aromatic nitrogens is 1. The van der Waals surface area contributed by atoms with E-state index in [1.165, 1.54) is 0 Å². The minimum absolute atomic E-state index is 0.0380. The molecule has 0 amide bonds. The van der Waals surface area contributed by atoms with E-state index in [0.717, 1.165) is 55.8 Å². The number of ether oxygens (including phenoxy) is 1. The lowest BCUT2D eigenvalue weighted by Crippen LogP contribution is -2.22. The van der Waals surface area contributed by atoms with E-state index in [2.05, 4.69) is 23.0 Å². The van der Waals surface area contributed by atoms with Crippen LogP contribution in [0.5, 0.6) is 0 Å². The summed E-state index contributed by atoms with van der Waals surface area (Å²) < 4.78 is 5.42. The van der Waals surface area contributed by atoms with Crippen molar-refractivity contribution in [2.24, 2.45) is 10.9 Å². The van der Waals surface area contributed by atoms with Crippen LogP contribution in [0.4, 0.5) is 0 Å². The summed E-state index contributed by atoms with van der Waals surface area (Å²) >= 11 is 1.68. The fourth-order valence-corrected chi connectivity index (χ4v) is 3.57. The molecule has 0 aliphatic carbocycles. The number of carbonyl (C=O) groups excluding carboxylic acids is 2. The van der Waals surface area contributed by atoms with Crippen molar-refractivity contribution in [3.63, 3.8) is 0 Å². The van der Waals surface area contributed by atoms with Crippen molar-refractivity contribution < 1.29 is 14.3 Å². The zero-order valence-corrected chi connectivity index (χ0v) is 20.9. The highest BCUT2D eigenvalue weighted by Crippen LogP contribution is 2.30. The van der Waals surface area contributed by atoms with Crippen LogP contribution < -0.4 is 0 Å². The minimum atomic E-state index is -0.0380. The Morgan fingerprint density at radius 1 is 1.32 bits per heavy atom. The number of hydrogen-bond acceptors (Lipinski definition) is 6. The molecule has 174 valence electrons. The Kier molecular flexibility index (Phi) is 17.8. The zero-order valence-electron chi connectivity index (χ0n) is 20.1. The van der Waals surface area contributed by atoms with Crippen molar-refractivity contribution in [3.05, 3.63) is 36.2 Å². The summed E-state index contributed by atoms with van der Waals surface area (Å²) in [6, 6.07) is 4.10. The summed E-state index contributed by atoms with van der Waals surface area (Å²) in [4.78, 5) is 31.8. The van der Waals surface area contributed by atoms with Gasteiger partial charge in [-0.25, -0.2) is 0 Å². The van der Waals surface area contributed by atoms with E-state index >= 15 is 0 Å². The number of Topliss-reactive ketones (excluding diaryl/α,β-unsaturated/α-hetero) is 1. The van der Waals surface area contributed by atoms with E-state index in [0.29, 0.717) is 23.8 Å². The van der Waals surface area contributed by atoms with Crippen LogP contribution in [-0.2, 0) is 14.3 Å². The molecule has 1 aliphatic heterocycles. The van der Waals surface area contributed by atoms with Gasteiger partial charge in [-0.2, -0.15) is 0 Å². The standard InChI is InChI=1S/C17H25NO2S.C6H9NO.C2H6/c1-3-4-17(19)15(11-13-7-9-20-10-8-13)16-6-5-14(21-2)12-18-16;1-3-4-6(5-8)7-2;1-2/h5-6,12-13,15H,3-4,7-11H2,1-2H3;3-5H,1-2H3;1-2H3/b;4-3-,7-6?;. The average molecular weight is 449 g/mol. The van der Waals surface area contributed by atoms with Crippen LogP contribution in [0.1, 0.15) is 71.4 Å². The van der Waals surface area contributed by atoms with E-state index < -0.39 is 0 Å². The van der Waals surface area contributed by atoms with E-state index in [9.17, 15) is 9.59 Å². The number of aldehydes is 1. The fourth-order valence-electron chi connectivity index (χ4n) is 3.21. The molecule has 1 aromatic heterocycles. The molecule has 31 heavy (non-hydrogen) atoms. The Labute approximate surface area is 193 Å². The Balaban J connectivity index is 0.000000762. The van der Waals surface area contributed by atoms with Gasteiger partial charge >= 0.3 is 0 Å². The predicted molar refractivity (Wildman–Crippen MR) is 132 cm³/mol. The summed E-state index contributed by atoms with van der Waals surface area (Å²) in [5.74, 6) is 0.893. The highest BCUT2D eigenvalue weighted by molar-refractivity contribution is 7.98. The first-order chi connectivity index (χ1) is 15.1. The lowest BCUT2D eigenvalue weighted by atomic mass is 9.83. The van der Waals surface area contributed by atoms with E-state index in [1.54, 1.807) is 31.0 Å². The van der Waals surface area contributed by atoms with Gasteiger partial charge in [0.15, 0.2) is 6.29 Å². The first-order valence-electron chi connectivity index (χ1n) is 11.2. The number of rotatable bonds is 9. The third-order valence-electron chi connectivity index (χ3n) is 4.86. The number of thioether (sulfide) groups is 1. The van der Waals surface area contributed by atoms with Gasteiger partial charge in [0.1, 0.15) is 5.78 Å². The smallest absolute Gasteiger partial charge is 0.167 e. The normalized spacial score (nSPS) is 15.4. The van der Waals surface area contributed by atoms with Crippen molar-refractivity contribution in [2.75, 3.05) is 26.5 Å². The number of carbonyl (C=O) groups is 2.